The van der Waals surface area contributed by atoms with Gasteiger partial charge >= 0.3 is 0 Å². The molecule has 7 heteroatoms. The first-order chi connectivity index (χ1) is 12.6. The summed E-state index contributed by atoms with van der Waals surface area (Å²) in [6, 6.07) is 5.83. The molecule has 0 amide bonds. The standard InChI is InChI=1S/C20H36N4O2.HI/c1-21-20(22-13-9-7-6-8-10-14-24(2)3)23-16-17-11-12-18(25-4)15-19(17)26-5;/h11-12,15H,6-10,13-14,16H2,1-5H3,(H2,21,22,23);1H. The second-order valence-electron chi connectivity index (χ2n) is 6.60. The van der Waals surface area contributed by atoms with Gasteiger partial charge in [0.15, 0.2) is 5.96 Å². The van der Waals surface area contributed by atoms with Gasteiger partial charge in [-0.25, -0.2) is 0 Å². The van der Waals surface area contributed by atoms with Crippen LogP contribution >= 0.6 is 24.0 Å². The normalized spacial score (nSPS) is 11.1. The van der Waals surface area contributed by atoms with Crippen molar-refractivity contribution in [2.45, 2.75) is 38.6 Å². The molecule has 0 aromatic heterocycles. The van der Waals surface area contributed by atoms with Crippen molar-refractivity contribution >= 4 is 29.9 Å². The number of hydrogen-bond donors (Lipinski definition) is 2. The fraction of sp³-hybridized carbons (Fsp3) is 0.650. The molecule has 2 N–H and O–H groups in total. The molecule has 0 saturated carbocycles. The van der Waals surface area contributed by atoms with Crippen LogP contribution in [0.2, 0.25) is 0 Å². The van der Waals surface area contributed by atoms with Crippen LogP contribution in [-0.4, -0.2) is 59.3 Å². The molecule has 27 heavy (non-hydrogen) atoms. The Hall–Kier alpha value is -1.22. The van der Waals surface area contributed by atoms with Crippen molar-refractivity contribution in [2.75, 3.05) is 48.5 Å². The lowest BCUT2D eigenvalue weighted by molar-refractivity contribution is 0.389. The predicted molar refractivity (Wildman–Crippen MR) is 125 cm³/mol. The van der Waals surface area contributed by atoms with Gasteiger partial charge in [0.1, 0.15) is 11.5 Å². The van der Waals surface area contributed by atoms with E-state index in [0.717, 1.165) is 36.0 Å². The van der Waals surface area contributed by atoms with Crippen molar-refractivity contribution in [3.8, 4) is 11.5 Å². The molecular weight excluding hydrogens is 455 g/mol. The van der Waals surface area contributed by atoms with Gasteiger partial charge in [-0.05, 0) is 45.6 Å². The van der Waals surface area contributed by atoms with Gasteiger partial charge < -0.3 is 25.0 Å². The first-order valence-corrected chi connectivity index (χ1v) is 9.40. The molecule has 0 spiro atoms. The van der Waals surface area contributed by atoms with Gasteiger partial charge in [-0.1, -0.05) is 19.3 Å². The average molecular weight is 492 g/mol. The molecule has 0 radical (unpaired) electrons. The van der Waals surface area contributed by atoms with E-state index in [0.29, 0.717) is 6.54 Å². The van der Waals surface area contributed by atoms with Crippen molar-refractivity contribution in [3.63, 3.8) is 0 Å². The molecule has 0 aliphatic carbocycles. The highest BCUT2D eigenvalue weighted by Crippen LogP contribution is 2.24. The zero-order valence-corrected chi connectivity index (χ0v) is 19.8. The minimum absolute atomic E-state index is 0. The van der Waals surface area contributed by atoms with E-state index in [4.69, 9.17) is 9.47 Å². The van der Waals surface area contributed by atoms with Gasteiger partial charge in [0.25, 0.3) is 0 Å². The summed E-state index contributed by atoms with van der Waals surface area (Å²) in [5, 5.41) is 6.71. The van der Waals surface area contributed by atoms with E-state index in [2.05, 4.69) is 34.6 Å². The largest absolute Gasteiger partial charge is 0.497 e. The Morgan fingerprint density at radius 1 is 1.00 bits per heavy atom. The van der Waals surface area contributed by atoms with E-state index in [9.17, 15) is 0 Å². The zero-order valence-electron chi connectivity index (χ0n) is 17.5. The number of rotatable bonds is 12. The van der Waals surface area contributed by atoms with Crippen LogP contribution in [0.5, 0.6) is 11.5 Å². The molecular formula is C20H37IN4O2. The summed E-state index contributed by atoms with van der Waals surface area (Å²) in [5.41, 5.74) is 1.07. The highest BCUT2D eigenvalue weighted by molar-refractivity contribution is 14.0. The fourth-order valence-corrected chi connectivity index (χ4v) is 2.69. The molecule has 1 rings (SSSR count). The molecule has 0 bridgehead atoms. The summed E-state index contributed by atoms with van der Waals surface area (Å²) in [5.74, 6) is 2.42. The third-order valence-electron chi connectivity index (χ3n) is 4.24. The summed E-state index contributed by atoms with van der Waals surface area (Å²) in [6.07, 6.45) is 6.30. The van der Waals surface area contributed by atoms with E-state index in [1.807, 2.05) is 18.2 Å². The number of ether oxygens (including phenoxy) is 2. The van der Waals surface area contributed by atoms with Crippen molar-refractivity contribution in [2.24, 2.45) is 4.99 Å². The second kappa shape index (κ2) is 15.8. The lowest BCUT2D eigenvalue weighted by atomic mass is 10.1. The van der Waals surface area contributed by atoms with Crippen LogP contribution in [-0.2, 0) is 6.54 Å². The minimum atomic E-state index is 0. The molecule has 0 aliphatic heterocycles. The number of hydrogen-bond acceptors (Lipinski definition) is 4. The van der Waals surface area contributed by atoms with E-state index in [-0.39, 0.29) is 24.0 Å². The SMILES string of the molecule is CN=C(NCCCCCCCN(C)C)NCc1ccc(OC)cc1OC.I. The molecule has 0 fully saturated rings. The monoisotopic (exact) mass is 492 g/mol. The first kappa shape index (κ1) is 25.8. The van der Waals surface area contributed by atoms with E-state index < -0.39 is 0 Å². The molecule has 1 aromatic rings. The van der Waals surface area contributed by atoms with Crippen LogP contribution < -0.4 is 20.1 Å². The third kappa shape index (κ3) is 11.3. The van der Waals surface area contributed by atoms with Gasteiger partial charge in [0.05, 0.1) is 14.2 Å². The smallest absolute Gasteiger partial charge is 0.191 e. The molecule has 1 aromatic carbocycles. The number of nitrogens with zero attached hydrogens (tertiary/aromatic N) is 2. The van der Waals surface area contributed by atoms with Crippen LogP contribution in [0, 0.1) is 0 Å². The summed E-state index contributed by atoms with van der Waals surface area (Å²) < 4.78 is 10.7. The van der Waals surface area contributed by atoms with Crippen LogP contribution in [0.3, 0.4) is 0 Å². The maximum atomic E-state index is 5.43. The Bertz CT molecular complexity index is 539. The molecule has 0 saturated heterocycles. The van der Waals surface area contributed by atoms with E-state index in [1.165, 1.54) is 32.2 Å². The van der Waals surface area contributed by atoms with E-state index in [1.54, 1.807) is 21.3 Å². The Labute approximate surface area is 182 Å². The molecule has 0 heterocycles. The summed E-state index contributed by atoms with van der Waals surface area (Å²) >= 11 is 0. The number of aliphatic imine (C=N–C) groups is 1. The average Bonchev–Trinajstić information content (AvgIpc) is 2.65. The Balaban J connectivity index is 0.00000676. The van der Waals surface area contributed by atoms with Crippen molar-refractivity contribution in [1.29, 1.82) is 0 Å². The van der Waals surface area contributed by atoms with Gasteiger partial charge in [0, 0.05) is 31.8 Å². The maximum absolute atomic E-state index is 5.43. The van der Waals surface area contributed by atoms with Gasteiger partial charge in [-0.15, -0.1) is 24.0 Å². The molecule has 0 atom stereocenters. The van der Waals surface area contributed by atoms with Crippen LogP contribution in [0.1, 0.15) is 37.7 Å². The summed E-state index contributed by atoms with van der Waals surface area (Å²) in [7, 11) is 9.38. The summed E-state index contributed by atoms with van der Waals surface area (Å²) in [4.78, 5) is 6.53. The van der Waals surface area contributed by atoms with Crippen molar-refractivity contribution < 1.29 is 9.47 Å². The first-order valence-electron chi connectivity index (χ1n) is 9.40. The topological polar surface area (TPSA) is 58.1 Å². The molecule has 156 valence electrons. The van der Waals surface area contributed by atoms with Crippen molar-refractivity contribution in [3.05, 3.63) is 23.8 Å². The molecule has 0 aliphatic rings. The molecule has 6 nitrogen and oxygen atoms in total. The highest BCUT2D eigenvalue weighted by atomic mass is 127. The Kier molecular flexibility index (Phi) is 15.1. The predicted octanol–water partition coefficient (Wildman–Crippen LogP) is 3.50. The maximum Gasteiger partial charge on any atom is 0.191 e. The third-order valence-corrected chi connectivity index (χ3v) is 4.24. The number of halogens is 1. The minimum Gasteiger partial charge on any atom is -0.497 e. The Morgan fingerprint density at radius 2 is 1.70 bits per heavy atom. The van der Waals surface area contributed by atoms with Crippen LogP contribution in [0.25, 0.3) is 0 Å². The van der Waals surface area contributed by atoms with Crippen molar-refractivity contribution in [1.82, 2.24) is 15.5 Å². The van der Waals surface area contributed by atoms with Crippen LogP contribution in [0.4, 0.5) is 0 Å². The number of guanidine groups is 1. The lowest BCUT2D eigenvalue weighted by Crippen LogP contribution is -2.37. The lowest BCUT2D eigenvalue weighted by Gasteiger charge is -2.14. The second-order valence-corrected chi connectivity index (χ2v) is 6.60. The van der Waals surface area contributed by atoms with Gasteiger partial charge in [-0.2, -0.15) is 0 Å². The zero-order chi connectivity index (χ0) is 19.2. The fourth-order valence-electron chi connectivity index (χ4n) is 2.69. The van der Waals surface area contributed by atoms with E-state index >= 15 is 0 Å². The molecule has 0 unspecified atom stereocenters. The van der Waals surface area contributed by atoms with Gasteiger partial charge in [-0.3, -0.25) is 4.99 Å². The highest BCUT2D eigenvalue weighted by Gasteiger charge is 2.06. The quantitative estimate of drug-likeness (QED) is 0.203. The number of methoxy groups -OCH3 is 2. The number of nitrogens with one attached hydrogen (secondary N) is 2. The van der Waals surface area contributed by atoms with Gasteiger partial charge in [0.2, 0.25) is 0 Å². The Morgan fingerprint density at radius 3 is 2.33 bits per heavy atom. The summed E-state index contributed by atoms with van der Waals surface area (Å²) in [6.45, 7) is 2.77. The van der Waals surface area contributed by atoms with Crippen LogP contribution in [0.15, 0.2) is 23.2 Å². The number of benzene rings is 1. The number of unbranched alkanes of at least 4 members (excludes halogenated alkanes) is 4.